The fourth-order valence-corrected chi connectivity index (χ4v) is 1.52. The van der Waals surface area contributed by atoms with Crippen LogP contribution in [-0.4, -0.2) is 16.6 Å². The summed E-state index contributed by atoms with van der Waals surface area (Å²) >= 11 is 3.27. The zero-order valence-electron chi connectivity index (χ0n) is 9.97. The Balaban J connectivity index is 2.15. The van der Waals surface area contributed by atoms with Gasteiger partial charge in [-0.15, -0.1) is 0 Å². The Hall–Kier alpha value is -1.62. The number of para-hydroxylation sites is 2. The average Bonchev–Trinajstić information content (AvgIpc) is 2.40. The SMILES string of the molecule is CCCOc1ccccc1Oc1ncc(Br)cn1. The van der Waals surface area contributed by atoms with Gasteiger partial charge < -0.3 is 9.47 Å². The number of ether oxygens (including phenoxy) is 2. The van der Waals surface area contributed by atoms with Crippen molar-refractivity contribution in [2.24, 2.45) is 0 Å². The topological polar surface area (TPSA) is 44.2 Å². The lowest BCUT2D eigenvalue weighted by molar-refractivity contribution is 0.299. The van der Waals surface area contributed by atoms with E-state index < -0.39 is 0 Å². The van der Waals surface area contributed by atoms with E-state index in [0.717, 1.165) is 10.9 Å². The van der Waals surface area contributed by atoms with E-state index >= 15 is 0 Å². The zero-order valence-corrected chi connectivity index (χ0v) is 11.6. The van der Waals surface area contributed by atoms with Gasteiger partial charge in [-0.05, 0) is 34.5 Å². The minimum Gasteiger partial charge on any atom is -0.490 e. The monoisotopic (exact) mass is 308 g/mol. The lowest BCUT2D eigenvalue weighted by Crippen LogP contribution is -1.98. The molecule has 1 aromatic heterocycles. The molecule has 0 N–H and O–H groups in total. The number of halogens is 1. The van der Waals surface area contributed by atoms with E-state index in [9.17, 15) is 0 Å². The van der Waals surface area contributed by atoms with E-state index in [0.29, 0.717) is 24.1 Å². The van der Waals surface area contributed by atoms with Crippen LogP contribution in [0.3, 0.4) is 0 Å². The van der Waals surface area contributed by atoms with Crippen molar-refractivity contribution in [3.05, 3.63) is 41.1 Å². The molecular weight excluding hydrogens is 296 g/mol. The maximum Gasteiger partial charge on any atom is 0.322 e. The van der Waals surface area contributed by atoms with Gasteiger partial charge in [-0.2, -0.15) is 0 Å². The molecule has 0 bridgehead atoms. The van der Waals surface area contributed by atoms with Crippen LogP contribution in [0.25, 0.3) is 0 Å². The van der Waals surface area contributed by atoms with Crippen LogP contribution >= 0.6 is 15.9 Å². The number of rotatable bonds is 5. The van der Waals surface area contributed by atoms with E-state index in [1.54, 1.807) is 12.4 Å². The van der Waals surface area contributed by atoms with Crippen LogP contribution in [-0.2, 0) is 0 Å². The second-order valence-electron chi connectivity index (χ2n) is 3.58. The molecule has 1 aromatic carbocycles. The predicted molar refractivity (Wildman–Crippen MR) is 72.0 cm³/mol. The number of nitrogens with zero attached hydrogens (tertiary/aromatic N) is 2. The van der Waals surface area contributed by atoms with Crippen LogP contribution in [0.1, 0.15) is 13.3 Å². The fraction of sp³-hybridized carbons (Fsp3) is 0.231. The first-order valence-corrected chi connectivity index (χ1v) is 6.46. The molecule has 0 radical (unpaired) electrons. The number of hydrogen-bond donors (Lipinski definition) is 0. The zero-order chi connectivity index (χ0) is 12.8. The molecule has 0 atom stereocenters. The van der Waals surface area contributed by atoms with Gasteiger partial charge in [0.2, 0.25) is 0 Å². The molecule has 4 nitrogen and oxygen atoms in total. The van der Waals surface area contributed by atoms with Gasteiger partial charge in [0.1, 0.15) is 0 Å². The van der Waals surface area contributed by atoms with Gasteiger partial charge in [-0.25, -0.2) is 9.97 Å². The maximum absolute atomic E-state index is 5.59. The van der Waals surface area contributed by atoms with Gasteiger partial charge in [0.15, 0.2) is 11.5 Å². The number of benzene rings is 1. The highest BCUT2D eigenvalue weighted by Crippen LogP contribution is 2.29. The molecule has 0 spiro atoms. The summed E-state index contributed by atoms with van der Waals surface area (Å²) in [5.74, 6) is 1.32. The average molecular weight is 309 g/mol. The molecule has 2 rings (SSSR count). The summed E-state index contributed by atoms with van der Waals surface area (Å²) < 4.78 is 12.0. The Labute approximate surface area is 114 Å². The van der Waals surface area contributed by atoms with Crippen molar-refractivity contribution in [2.45, 2.75) is 13.3 Å². The first kappa shape index (κ1) is 12.8. The number of hydrogen-bond acceptors (Lipinski definition) is 4. The minimum atomic E-state index is 0.297. The van der Waals surface area contributed by atoms with E-state index in [4.69, 9.17) is 9.47 Å². The predicted octanol–water partition coefficient (Wildman–Crippen LogP) is 3.82. The standard InChI is InChI=1S/C13H13BrN2O2/c1-2-7-17-11-5-3-4-6-12(11)18-13-15-8-10(14)9-16-13/h3-6,8-9H,2,7H2,1H3. The molecule has 18 heavy (non-hydrogen) atoms. The molecule has 0 fully saturated rings. The largest absolute Gasteiger partial charge is 0.490 e. The van der Waals surface area contributed by atoms with Crippen LogP contribution in [0.4, 0.5) is 0 Å². The molecule has 0 aliphatic rings. The van der Waals surface area contributed by atoms with Crippen LogP contribution in [0.2, 0.25) is 0 Å². The van der Waals surface area contributed by atoms with Gasteiger partial charge in [-0.3, -0.25) is 0 Å². The highest BCUT2D eigenvalue weighted by molar-refractivity contribution is 9.10. The van der Waals surface area contributed by atoms with Gasteiger partial charge >= 0.3 is 6.01 Å². The molecule has 0 aliphatic heterocycles. The fourth-order valence-electron chi connectivity index (χ4n) is 1.32. The summed E-state index contributed by atoms with van der Waals surface area (Å²) in [5, 5.41) is 0. The Kier molecular flexibility index (Phi) is 4.52. The van der Waals surface area contributed by atoms with Crippen LogP contribution in [0.5, 0.6) is 17.5 Å². The van der Waals surface area contributed by atoms with E-state index in [1.807, 2.05) is 24.3 Å². The van der Waals surface area contributed by atoms with Crippen LogP contribution in [0.15, 0.2) is 41.1 Å². The van der Waals surface area contributed by atoms with Crippen molar-refractivity contribution < 1.29 is 9.47 Å². The summed E-state index contributed by atoms with van der Waals surface area (Å²) in [6.45, 7) is 2.71. The van der Waals surface area contributed by atoms with E-state index in [-0.39, 0.29) is 0 Å². The lowest BCUT2D eigenvalue weighted by Gasteiger charge is -2.10. The second kappa shape index (κ2) is 6.35. The highest BCUT2D eigenvalue weighted by Gasteiger charge is 2.06. The molecular formula is C13H13BrN2O2. The molecule has 0 aliphatic carbocycles. The Morgan fingerprint density at radius 3 is 2.44 bits per heavy atom. The Morgan fingerprint density at radius 2 is 1.78 bits per heavy atom. The third-order valence-electron chi connectivity index (χ3n) is 2.11. The first-order valence-electron chi connectivity index (χ1n) is 5.67. The maximum atomic E-state index is 5.59. The lowest BCUT2D eigenvalue weighted by atomic mass is 10.3. The van der Waals surface area contributed by atoms with Crippen molar-refractivity contribution in [1.82, 2.24) is 9.97 Å². The van der Waals surface area contributed by atoms with Gasteiger partial charge in [0.25, 0.3) is 0 Å². The third-order valence-corrected chi connectivity index (χ3v) is 2.52. The molecule has 1 heterocycles. The Bertz CT molecular complexity index is 503. The normalized spacial score (nSPS) is 10.1. The molecule has 0 unspecified atom stereocenters. The molecule has 0 amide bonds. The van der Waals surface area contributed by atoms with Gasteiger partial charge in [0, 0.05) is 12.4 Å². The van der Waals surface area contributed by atoms with E-state index in [1.165, 1.54) is 0 Å². The van der Waals surface area contributed by atoms with Gasteiger partial charge in [0.05, 0.1) is 11.1 Å². The van der Waals surface area contributed by atoms with Crippen LogP contribution < -0.4 is 9.47 Å². The first-order chi connectivity index (χ1) is 8.79. The third kappa shape index (κ3) is 3.43. The molecule has 94 valence electrons. The quantitative estimate of drug-likeness (QED) is 0.842. The minimum absolute atomic E-state index is 0.297. The molecule has 0 saturated carbocycles. The van der Waals surface area contributed by atoms with Crippen molar-refractivity contribution in [3.63, 3.8) is 0 Å². The van der Waals surface area contributed by atoms with Crippen molar-refractivity contribution in [2.75, 3.05) is 6.61 Å². The molecule has 2 aromatic rings. The van der Waals surface area contributed by atoms with Crippen molar-refractivity contribution in [1.29, 1.82) is 0 Å². The summed E-state index contributed by atoms with van der Waals surface area (Å²) in [4.78, 5) is 8.12. The summed E-state index contributed by atoms with van der Waals surface area (Å²) in [6.07, 6.45) is 4.22. The summed E-state index contributed by atoms with van der Waals surface area (Å²) in [7, 11) is 0. The second-order valence-corrected chi connectivity index (χ2v) is 4.50. The van der Waals surface area contributed by atoms with Crippen LogP contribution in [0, 0.1) is 0 Å². The smallest absolute Gasteiger partial charge is 0.322 e. The highest BCUT2D eigenvalue weighted by atomic mass is 79.9. The van der Waals surface area contributed by atoms with Gasteiger partial charge in [-0.1, -0.05) is 19.1 Å². The summed E-state index contributed by atoms with van der Waals surface area (Å²) in [5.41, 5.74) is 0. The molecule has 5 heteroatoms. The Morgan fingerprint density at radius 1 is 1.11 bits per heavy atom. The number of aromatic nitrogens is 2. The van der Waals surface area contributed by atoms with E-state index in [2.05, 4.69) is 32.8 Å². The van der Waals surface area contributed by atoms with Crippen molar-refractivity contribution >= 4 is 15.9 Å². The summed E-state index contributed by atoms with van der Waals surface area (Å²) in [6, 6.07) is 7.78. The van der Waals surface area contributed by atoms with Crippen molar-refractivity contribution in [3.8, 4) is 17.5 Å². The molecule has 0 saturated heterocycles.